The van der Waals surface area contributed by atoms with Crippen molar-refractivity contribution in [3.05, 3.63) is 126 Å². The topological polar surface area (TPSA) is 30.7 Å². The highest BCUT2D eigenvalue weighted by Gasteiger charge is 2.23. The molecule has 1 aliphatic rings. The van der Waals surface area contributed by atoms with Crippen LogP contribution in [0.15, 0.2) is 103 Å². The van der Waals surface area contributed by atoms with E-state index in [1.54, 1.807) is 12.4 Å². The first-order valence-electron chi connectivity index (χ1n) is 13.4. The second kappa shape index (κ2) is 8.92. The van der Waals surface area contributed by atoms with E-state index in [-0.39, 0.29) is 0 Å². The van der Waals surface area contributed by atoms with Gasteiger partial charge >= 0.3 is 0 Å². The van der Waals surface area contributed by atoms with E-state index in [1.807, 2.05) is 0 Å². The minimum Gasteiger partial charge on any atom is -0.309 e. The van der Waals surface area contributed by atoms with Crippen molar-refractivity contribution < 1.29 is 0 Å². The average Bonchev–Trinajstić information content (AvgIpc) is 3.47. The maximum absolute atomic E-state index is 4.47. The molecule has 0 N–H and O–H groups in total. The van der Waals surface area contributed by atoms with Crippen LogP contribution in [-0.2, 0) is 0 Å². The van der Waals surface area contributed by atoms with E-state index in [4.69, 9.17) is 0 Å². The lowest BCUT2D eigenvalue weighted by Gasteiger charge is -2.13. The van der Waals surface area contributed by atoms with Crippen LogP contribution in [0.2, 0.25) is 0 Å². The van der Waals surface area contributed by atoms with Crippen molar-refractivity contribution in [2.75, 3.05) is 0 Å². The summed E-state index contributed by atoms with van der Waals surface area (Å²) in [5.74, 6) is 0. The number of para-hydroxylation sites is 2. The van der Waals surface area contributed by atoms with Crippen LogP contribution in [0, 0.1) is 27.7 Å². The standard InChI is InChI=1S/C21H19N.C15H10N2/c1-14-12-16(3)21(13-15(14)2)22-19-10-6-4-8-17(19)18-9-5-7-11-20(18)22;1-9-5-6-12-13-10(9)3-2-4-11(13)14-15(12)17-8-7-16-14/h4-13H,1-3H3;2-8H,1H3. The Bertz CT molecular complexity index is 1980. The van der Waals surface area contributed by atoms with Crippen LogP contribution in [0.1, 0.15) is 22.3 Å². The largest absolute Gasteiger partial charge is 0.309 e. The summed E-state index contributed by atoms with van der Waals surface area (Å²) < 4.78 is 2.40. The summed E-state index contributed by atoms with van der Waals surface area (Å²) in [6, 6.07) is 32.6. The smallest absolute Gasteiger partial charge is 0.0971 e. The molecule has 3 nitrogen and oxygen atoms in total. The fourth-order valence-corrected chi connectivity index (χ4v) is 6.05. The predicted octanol–water partition coefficient (Wildman–Crippen LogP) is 9.29. The van der Waals surface area contributed by atoms with Gasteiger partial charge in [0.15, 0.2) is 0 Å². The van der Waals surface area contributed by atoms with Gasteiger partial charge in [0.2, 0.25) is 0 Å². The summed E-state index contributed by atoms with van der Waals surface area (Å²) >= 11 is 0. The maximum Gasteiger partial charge on any atom is 0.0971 e. The van der Waals surface area contributed by atoms with Crippen LogP contribution in [-0.4, -0.2) is 14.5 Å². The highest BCUT2D eigenvalue weighted by atomic mass is 15.0. The van der Waals surface area contributed by atoms with Gasteiger partial charge < -0.3 is 4.57 Å². The van der Waals surface area contributed by atoms with Crippen LogP contribution in [0.4, 0.5) is 0 Å². The van der Waals surface area contributed by atoms with Gasteiger partial charge in [0, 0.05) is 45.4 Å². The molecule has 0 unspecified atom stereocenters. The average molecular weight is 504 g/mol. The molecule has 0 bridgehead atoms. The molecule has 0 radical (unpaired) electrons. The molecule has 5 aromatic carbocycles. The first-order valence-corrected chi connectivity index (χ1v) is 13.4. The van der Waals surface area contributed by atoms with E-state index in [1.165, 1.54) is 71.6 Å². The lowest BCUT2D eigenvalue weighted by atomic mass is 10.0. The fourth-order valence-electron chi connectivity index (χ4n) is 6.05. The zero-order chi connectivity index (χ0) is 26.7. The molecule has 0 amide bonds. The molecule has 39 heavy (non-hydrogen) atoms. The minimum absolute atomic E-state index is 1.01. The first kappa shape index (κ1) is 23.4. The summed E-state index contributed by atoms with van der Waals surface area (Å²) in [5.41, 5.74) is 13.6. The van der Waals surface area contributed by atoms with Gasteiger partial charge in [-0.2, -0.15) is 0 Å². The Morgan fingerprint density at radius 2 is 1.05 bits per heavy atom. The van der Waals surface area contributed by atoms with Gasteiger partial charge in [-0.05, 0) is 73.5 Å². The second-order valence-electron chi connectivity index (χ2n) is 10.5. The van der Waals surface area contributed by atoms with E-state index < -0.39 is 0 Å². The number of nitrogens with zero attached hydrogens (tertiary/aromatic N) is 3. The van der Waals surface area contributed by atoms with Gasteiger partial charge in [0.25, 0.3) is 0 Å². The molecule has 0 aliphatic heterocycles. The molecule has 0 saturated carbocycles. The molecule has 0 saturated heterocycles. The molecule has 2 heterocycles. The van der Waals surface area contributed by atoms with Crippen LogP contribution >= 0.6 is 0 Å². The molecular formula is C36H29N3. The van der Waals surface area contributed by atoms with Crippen LogP contribution in [0.25, 0.3) is 60.8 Å². The Kier molecular flexibility index (Phi) is 5.34. The third-order valence-corrected chi connectivity index (χ3v) is 8.10. The molecule has 0 atom stereocenters. The lowest BCUT2D eigenvalue weighted by Crippen LogP contribution is -1.98. The second-order valence-corrected chi connectivity index (χ2v) is 10.5. The summed E-state index contributed by atoms with van der Waals surface area (Å²) in [7, 11) is 0. The van der Waals surface area contributed by atoms with Gasteiger partial charge in [-0.3, -0.25) is 9.97 Å². The van der Waals surface area contributed by atoms with Gasteiger partial charge in [0.05, 0.1) is 22.4 Å². The molecule has 0 spiro atoms. The number of fused-ring (bicyclic) bond motifs is 6. The van der Waals surface area contributed by atoms with Crippen molar-refractivity contribution in [2.24, 2.45) is 0 Å². The van der Waals surface area contributed by atoms with E-state index in [2.05, 4.69) is 133 Å². The maximum atomic E-state index is 4.47. The van der Waals surface area contributed by atoms with E-state index in [0.29, 0.717) is 0 Å². The van der Waals surface area contributed by atoms with E-state index in [0.717, 1.165) is 11.4 Å². The molecule has 2 aromatic heterocycles. The molecule has 1 aliphatic carbocycles. The van der Waals surface area contributed by atoms with Crippen LogP contribution in [0.3, 0.4) is 0 Å². The van der Waals surface area contributed by atoms with Crippen molar-refractivity contribution in [2.45, 2.75) is 27.7 Å². The number of benzene rings is 5. The highest BCUT2D eigenvalue weighted by Crippen LogP contribution is 2.45. The summed E-state index contributed by atoms with van der Waals surface area (Å²) in [6.45, 7) is 8.71. The fraction of sp³-hybridized carbons (Fsp3) is 0.111. The number of hydrogen-bond acceptors (Lipinski definition) is 2. The van der Waals surface area contributed by atoms with Gasteiger partial charge in [0.1, 0.15) is 0 Å². The highest BCUT2D eigenvalue weighted by molar-refractivity contribution is 6.14. The SMILES string of the molecule is Cc1cc(C)c(-n2c3ccccc3c3ccccc32)cc1C.Cc1ccc2c3c(cccc13)-c1nccnc1-2. The molecule has 7 aromatic rings. The van der Waals surface area contributed by atoms with Crippen molar-refractivity contribution in [1.82, 2.24) is 14.5 Å². The Hall–Kier alpha value is -4.76. The third kappa shape index (κ3) is 3.58. The first-order chi connectivity index (χ1) is 19.0. The van der Waals surface area contributed by atoms with E-state index in [9.17, 15) is 0 Å². The third-order valence-electron chi connectivity index (χ3n) is 8.10. The molecular weight excluding hydrogens is 474 g/mol. The predicted molar refractivity (Wildman–Crippen MR) is 164 cm³/mol. The zero-order valence-electron chi connectivity index (χ0n) is 22.7. The van der Waals surface area contributed by atoms with Gasteiger partial charge in [-0.1, -0.05) is 72.8 Å². The molecule has 3 heteroatoms. The van der Waals surface area contributed by atoms with Crippen LogP contribution < -0.4 is 0 Å². The Labute approximate surface area is 228 Å². The number of rotatable bonds is 1. The molecule has 0 fully saturated rings. The summed E-state index contributed by atoms with van der Waals surface area (Å²) in [4.78, 5) is 8.93. The monoisotopic (exact) mass is 503 g/mol. The number of aryl methyl sites for hydroxylation is 4. The summed E-state index contributed by atoms with van der Waals surface area (Å²) in [6.07, 6.45) is 3.52. The Morgan fingerprint density at radius 1 is 0.487 bits per heavy atom. The molecule has 8 rings (SSSR count). The van der Waals surface area contributed by atoms with E-state index >= 15 is 0 Å². The minimum atomic E-state index is 1.01. The van der Waals surface area contributed by atoms with Crippen molar-refractivity contribution in [3.8, 4) is 28.2 Å². The molecule has 188 valence electrons. The van der Waals surface area contributed by atoms with Crippen molar-refractivity contribution in [1.29, 1.82) is 0 Å². The quantitative estimate of drug-likeness (QED) is 0.223. The number of aromatic nitrogens is 3. The summed E-state index contributed by atoms with van der Waals surface area (Å²) in [5, 5.41) is 5.24. The van der Waals surface area contributed by atoms with Gasteiger partial charge in [-0.15, -0.1) is 0 Å². The Balaban J connectivity index is 0.000000134. The van der Waals surface area contributed by atoms with Crippen LogP contribution in [0.5, 0.6) is 0 Å². The zero-order valence-corrected chi connectivity index (χ0v) is 22.7. The Morgan fingerprint density at radius 3 is 1.72 bits per heavy atom. The normalized spacial score (nSPS) is 11.6. The van der Waals surface area contributed by atoms with Crippen molar-refractivity contribution in [3.63, 3.8) is 0 Å². The van der Waals surface area contributed by atoms with Gasteiger partial charge in [-0.25, -0.2) is 0 Å². The van der Waals surface area contributed by atoms with Crippen molar-refractivity contribution >= 4 is 32.6 Å². The number of hydrogen-bond donors (Lipinski definition) is 0. The lowest BCUT2D eigenvalue weighted by molar-refractivity contribution is 1.13.